The van der Waals surface area contributed by atoms with Gasteiger partial charge in [-0.2, -0.15) is 4.98 Å². The molecule has 0 saturated heterocycles. The maximum atomic E-state index is 14.5. The lowest BCUT2D eigenvalue weighted by Crippen LogP contribution is -2.35. The fourth-order valence-corrected chi connectivity index (χ4v) is 6.27. The maximum absolute atomic E-state index is 14.5. The van der Waals surface area contributed by atoms with Gasteiger partial charge in [-0.05, 0) is 61.6 Å². The van der Waals surface area contributed by atoms with E-state index in [4.69, 9.17) is 0 Å². The fraction of sp³-hybridized carbons (Fsp3) is 0.258. The topological polar surface area (TPSA) is 125 Å². The largest absolute Gasteiger partial charge is 0.369 e. The third-order valence-electron chi connectivity index (χ3n) is 7.67. The average molecular weight is 587 g/mol. The number of fused-ring (bicyclic) bond motifs is 4. The van der Waals surface area contributed by atoms with Crippen LogP contribution in [0.2, 0.25) is 0 Å². The minimum absolute atomic E-state index is 0.157. The minimum atomic E-state index is -3.63. The van der Waals surface area contributed by atoms with Crippen LogP contribution in [0, 0.1) is 12.7 Å². The first-order valence-electron chi connectivity index (χ1n) is 13.9. The standard InChI is InChI=1S/C31H31FN6O3S/c1-20-6-11-27(32)26(16-20)31(12-13-31)29(39)34-18-21-7-9-22(10-8-21)25-19-35-30-37-23-4-2-5-24(17-23)42(40,41)36-15-3-14-33-28(25)38-30/h2,4-11,16-17,19,36H,3,12-15,18H2,1H3,(H,34,39)(H2,33,35,37,38). The molecule has 1 saturated carbocycles. The number of carbonyl (C=O) groups is 1. The van der Waals surface area contributed by atoms with Gasteiger partial charge >= 0.3 is 0 Å². The van der Waals surface area contributed by atoms with Crippen molar-refractivity contribution in [3.05, 3.63) is 95.4 Å². The monoisotopic (exact) mass is 586 g/mol. The lowest BCUT2D eigenvalue weighted by molar-refractivity contribution is -0.123. The predicted molar refractivity (Wildman–Crippen MR) is 159 cm³/mol. The van der Waals surface area contributed by atoms with Crippen molar-refractivity contribution in [2.75, 3.05) is 23.7 Å². The molecular weight excluding hydrogens is 555 g/mol. The van der Waals surface area contributed by atoms with Crippen molar-refractivity contribution in [1.82, 2.24) is 20.0 Å². The minimum Gasteiger partial charge on any atom is -0.369 e. The first-order chi connectivity index (χ1) is 20.2. The molecule has 2 aliphatic rings. The second-order valence-corrected chi connectivity index (χ2v) is 12.5. The molecule has 0 unspecified atom stereocenters. The highest BCUT2D eigenvalue weighted by atomic mass is 32.2. The second kappa shape index (κ2) is 11.1. The zero-order chi connectivity index (χ0) is 29.3. The van der Waals surface area contributed by atoms with Crippen LogP contribution >= 0.6 is 0 Å². The number of carbonyl (C=O) groups excluding carboxylic acids is 1. The van der Waals surface area contributed by atoms with E-state index >= 15 is 0 Å². The van der Waals surface area contributed by atoms with E-state index in [-0.39, 0.29) is 23.2 Å². The lowest BCUT2D eigenvalue weighted by atomic mass is 9.93. The summed E-state index contributed by atoms with van der Waals surface area (Å²) in [6.45, 7) is 3.00. The van der Waals surface area contributed by atoms with Gasteiger partial charge in [-0.1, -0.05) is 48.0 Å². The molecule has 0 radical (unpaired) electrons. The van der Waals surface area contributed by atoms with Gasteiger partial charge in [0.2, 0.25) is 21.9 Å². The highest BCUT2D eigenvalue weighted by molar-refractivity contribution is 7.89. The van der Waals surface area contributed by atoms with Gasteiger partial charge in [0, 0.05) is 42.6 Å². The summed E-state index contributed by atoms with van der Waals surface area (Å²) in [6.07, 6.45) is 3.55. The van der Waals surface area contributed by atoms with E-state index in [1.165, 1.54) is 6.07 Å². The van der Waals surface area contributed by atoms with Crippen LogP contribution < -0.4 is 20.7 Å². The van der Waals surface area contributed by atoms with E-state index in [2.05, 4.69) is 30.6 Å². The normalized spacial score (nSPS) is 16.9. The predicted octanol–water partition coefficient (Wildman–Crippen LogP) is 4.78. The van der Waals surface area contributed by atoms with Crippen molar-refractivity contribution in [3.8, 4) is 11.1 Å². The summed E-state index contributed by atoms with van der Waals surface area (Å²) >= 11 is 0. The van der Waals surface area contributed by atoms with Gasteiger partial charge in [-0.3, -0.25) is 4.79 Å². The van der Waals surface area contributed by atoms with Crippen LogP contribution in [0.15, 0.2) is 77.8 Å². The molecule has 6 rings (SSSR count). The number of rotatable bonds is 5. The van der Waals surface area contributed by atoms with E-state index in [1.54, 1.807) is 42.6 Å². The van der Waals surface area contributed by atoms with Crippen LogP contribution in [0.4, 0.5) is 21.8 Å². The number of anilines is 3. The van der Waals surface area contributed by atoms with Crippen LogP contribution in [0.25, 0.3) is 11.1 Å². The molecule has 0 atom stereocenters. The Labute approximate surface area is 244 Å². The maximum Gasteiger partial charge on any atom is 0.240 e. The van der Waals surface area contributed by atoms with Crippen molar-refractivity contribution < 1.29 is 17.6 Å². The van der Waals surface area contributed by atoms with Crippen LogP contribution in [0.5, 0.6) is 0 Å². The Bertz CT molecular complexity index is 1760. The zero-order valence-corrected chi connectivity index (χ0v) is 23.9. The van der Waals surface area contributed by atoms with Crippen LogP contribution in [0.3, 0.4) is 0 Å². The Morgan fingerprint density at radius 2 is 1.86 bits per heavy atom. The molecule has 1 amide bonds. The Morgan fingerprint density at radius 1 is 1.05 bits per heavy atom. The highest BCUT2D eigenvalue weighted by Gasteiger charge is 2.52. The summed E-state index contributed by atoms with van der Waals surface area (Å²) in [6, 6.07) is 19.2. The number of hydrogen-bond donors (Lipinski definition) is 4. The number of nitrogens with zero attached hydrogens (tertiary/aromatic N) is 2. The molecule has 9 nitrogen and oxygen atoms in total. The molecule has 11 heteroatoms. The highest BCUT2D eigenvalue weighted by Crippen LogP contribution is 2.49. The molecule has 4 bridgehead atoms. The number of sulfonamides is 1. The Balaban J connectivity index is 1.18. The summed E-state index contributed by atoms with van der Waals surface area (Å²) in [5.41, 5.74) is 3.75. The molecule has 0 spiro atoms. The summed E-state index contributed by atoms with van der Waals surface area (Å²) in [5, 5.41) is 9.40. The lowest BCUT2D eigenvalue weighted by Gasteiger charge is -2.17. The third kappa shape index (κ3) is 5.70. The molecule has 42 heavy (non-hydrogen) atoms. The van der Waals surface area contributed by atoms with Gasteiger partial charge in [0.25, 0.3) is 0 Å². The molecule has 1 fully saturated rings. The van der Waals surface area contributed by atoms with Crippen molar-refractivity contribution in [1.29, 1.82) is 0 Å². The van der Waals surface area contributed by atoms with Crippen LogP contribution in [0.1, 0.15) is 36.0 Å². The number of hydrogen-bond acceptors (Lipinski definition) is 7. The Morgan fingerprint density at radius 3 is 2.64 bits per heavy atom. The van der Waals surface area contributed by atoms with Gasteiger partial charge in [0.15, 0.2) is 0 Å². The van der Waals surface area contributed by atoms with E-state index in [9.17, 15) is 17.6 Å². The molecular formula is C31H31FN6O3S. The van der Waals surface area contributed by atoms with Crippen LogP contribution in [-0.2, 0) is 26.8 Å². The molecule has 216 valence electrons. The number of aromatic nitrogens is 2. The second-order valence-electron chi connectivity index (χ2n) is 10.7. The molecule has 3 aromatic carbocycles. The van der Waals surface area contributed by atoms with Gasteiger partial charge in [-0.25, -0.2) is 22.5 Å². The average Bonchev–Trinajstić information content (AvgIpc) is 3.79. The van der Waals surface area contributed by atoms with Gasteiger partial charge in [-0.15, -0.1) is 0 Å². The number of halogens is 1. The zero-order valence-electron chi connectivity index (χ0n) is 23.1. The molecule has 2 heterocycles. The number of aryl methyl sites for hydroxylation is 1. The molecule has 1 aliphatic heterocycles. The van der Waals surface area contributed by atoms with E-state index in [0.717, 1.165) is 22.3 Å². The SMILES string of the molecule is Cc1ccc(F)c(C2(C(=O)NCc3ccc(-c4cnc5nc4NCCCNS(=O)(=O)c4cccc(c4)N5)cc3)CC2)c1. The molecule has 4 N–H and O–H groups in total. The summed E-state index contributed by atoms with van der Waals surface area (Å²) in [5.74, 6) is 0.452. The molecule has 1 aromatic heterocycles. The van der Waals surface area contributed by atoms with Crippen molar-refractivity contribution in [2.45, 2.75) is 43.0 Å². The first-order valence-corrected chi connectivity index (χ1v) is 15.3. The third-order valence-corrected chi connectivity index (χ3v) is 9.13. The molecule has 1 aliphatic carbocycles. The van der Waals surface area contributed by atoms with Crippen molar-refractivity contribution in [3.63, 3.8) is 0 Å². The number of nitrogens with one attached hydrogen (secondary N) is 4. The number of benzene rings is 3. The van der Waals surface area contributed by atoms with E-state index < -0.39 is 15.4 Å². The smallest absolute Gasteiger partial charge is 0.240 e. The quantitative estimate of drug-likeness (QED) is 0.265. The van der Waals surface area contributed by atoms with Crippen LogP contribution in [-0.4, -0.2) is 37.4 Å². The first kappa shape index (κ1) is 27.8. The van der Waals surface area contributed by atoms with Gasteiger partial charge in [0.05, 0.1) is 10.3 Å². The Kier molecular flexibility index (Phi) is 7.38. The molecule has 4 aromatic rings. The Hall–Kier alpha value is -4.35. The van der Waals surface area contributed by atoms with Crippen molar-refractivity contribution >= 4 is 33.4 Å². The summed E-state index contributed by atoms with van der Waals surface area (Å²) in [7, 11) is -3.63. The van der Waals surface area contributed by atoms with Gasteiger partial charge < -0.3 is 16.0 Å². The van der Waals surface area contributed by atoms with E-state index in [0.29, 0.717) is 55.4 Å². The van der Waals surface area contributed by atoms with Crippen molar-refractivity contribution in [2.24, 2.45) is 0 Å². The van der Waals surface area contributed by atoms with E-state index in [1.807, 2.05) is 31.2 Å². The fourth-order valence-electron chi connectivity index (χ4n) is 5.15. The summed E-state index contributed by atoms with van der Waals surface area (Å²) < 4.78 is 42.4. The number of amides is 1. The summed E-state index contributed by atoms with van der Waals surface area (Å²) in [4.78, 5) is 22.4. The van der Waals surface area contributed by atoms with Gasteiger partial charge in [0.1, 0.15) is 11.6 Å².